The highest BCUT2D eigenvalue weighted by molar-refractivity contribution is 7.80. The summed E-state index contributed by atoms with van der Waals surface area (Å²) in [5.74, 6) is -1.60. The number of carboxylic acids is 1. The monoisotopic (exact) mass is 255 g/mol. The van der Waals surface area contributed by atoms with Crippen LogP contribution in [-0.2, 0) is 0 Å². The van der Waals surface area contributed by atoms with Gasteiger partial charge in [0.15, 0.2) is 0 Å². The molecule has 3 nitrogen and oxygen atoms in total. The van der Waals surface area contributed by atoms with E-state index in [1.165, 1.54) is 17.4 Å². The van der Waals surface area contributed by atoms with E-state index in [0.29, 0.717) is 10.0 Å². The highest BCUT2D eigenvalue weighted by Crippen LogP contribution is 2.28. The SMILES string of the molecule is O=C(O)c1ccc(F)cc1-c1nc(S)cs1. The summed E-state index contributed by atoms with van der Waals surface area (Å²) in [4.78, 5) is 15.0. The average Bonchev–Trinajstić information content (AvgIpc) is 2.64. The van der Waals surface area contributed by atoms with Crippen LogP contribution >= 0.6 is 24.0 Å². The Morgan fingerprint density at radius 3 is 2.81 bits per heavy atom. The number of nitrogens with zero attached hydrogens (tertiary/aromatic N) is 1. The number of carbonyl (C=O) groups is 1. The minimum atomic E-state index is -1.11. The van der Waals surface area contributed by atoms with Crippen molar-refractivity contribution in [2.24, 2.45) is 0 Å². The van der Waals surface area contributed by atoms with Gasteiger partial charge in [-0.3, -0.25) is 0 Å². The molecule has 1 N–H and O–H groups in total. The number of aromatic carboxylic acids is 1. The first-order valence-corrected chi connectivity index (χ1v) is 5.58. The summed E-state index contributed by atoms with van der Waals surface area (Å²) in [6.45, 7) is 0. The number of hydrogen-bond donors (Lipinski definition) is 2. The molecule has 2 rings (SSSR count). The quantitative estimate of drug-likeness (QED) is 0.811. The summed E-state index contributed by atoms with van der Waals surface area (Å²) >= 11 is 5.25. The normalized spacial score (nSPS) is 10.4. The minimum Gasteiger partial charge on any atom is -0.478 e. The van der Waals surface area contributed by atoms with Gasteiger partial charge in [-0.05, 0) is 18.2 Å². The van der Waals surface area contributed by atoms with E-state index in [0.717, 1.165) is 12.1 Å². The molecule has 0 saturated carbocycles. The zero-order chi connectivity index (χ0) is 11.7. The van der Waals surface area contributed by atoms with Gasteiger partial charge in [0.05, 0.1) is 5.56 Å². The number of hydrogen-bond acceptors (Lipinski definition) is 4. The van der Waals surface area contributed by atoms with Gasteiger partial charge in [0, 0.05) is 10.9 Å². The first kappa shape index (κ1) is 11.1. The third-order valence-electron chi connectivity index (χ3n) is 1.93. The Morgan fingerprint density at radius 1 is 1.50 bits per heavy atom. The highest BCUT2D eigenvalue weighted by atomic mass is 32.1. The molecule has 82 valence electrons. The molecule has 0 radical (unpaired) electrons. The van der Waals surface area contributed by atoms with Gasteiger partial charge in [0.1, 0.15) is 15.9 Å². The lowest BCUT2D eigenvalue weighted by atomic mass is 10.1. The van der Waals surface area contributed by atoms with E-state index in [9.17, 15) is 9.18 Å². The molecule has 0 saturated heterocycles. The third-order valence-corrected chi connectivity index (χ3v) is 3.21. The summed E-state index contributed by atoms with van der Waals surface area (Å²) < 4.78 is 13.1. The lowest BCUT2D eigenvalue weighted by Gasteiger charge is -2.02. The van der Waals surface area contributed by atoms with Crippen molar-refractivity contribution in [3.8, 4) is 10.6 Å². The van der Waals surface area contributed by atoms with Crippen LogP contribution < -0.4 is 0 Å². The molecule has 0 bridgehead atoms. The van der Waals surface area contributed by atoms with Crippen molar-refractivity contribution < 1.29 is 14.3 Å². The number of thiazole rings is 1. The van der Waals surface area contributed by atoms with Crippen molar-refractivity contribution in [3.05, 3.63) is 35.0 Å². The molecular formula is C10H6FNO2S2. The topological polar surface area (TPSA) is 50.2 Å². The van der Waals surface area contributed by atoms with Crippen molar-refractivity contribution in [3.63, 3.8) is 0 Å². The van der Waals surface area contributed by atoms with E-state index in [-0.39, 0.29) is 11.1 Å². The Balaban J connectivity index is 2.62. The maximum atomic E-state index is 13.1. The van der Waals surface area contributed by atoms with Gasteiger partial charge >= 0.3 is 5.97 Å². The Kier molecular flexibility index (Phi) is 2.93. The van der Waals surface area contributed by atoms with E-state index < -0.39 is 11.8 Å². The molecule has 0 spiro atoms. The van der Waals surface area contributed by atoms with E-state index in [1.54, 1.807) is 5.38 Å². The number of halogens is 1. The fraction of sp³-hybridized carbons (Fsp3) is 0. The summed E-state index contributed by atoms with van der Waals surface area (Å²) in [5.41, 5.74) is 0.307. The van der Waals surface area contributed by atoms with E-state index in [4.69, 9.17) is 5.11 Å². The Morgan fingerprint density at radius 2 is 2.25 bits per heavy atom. The summed E-state index contributed by atoms with van der Waals surface area (Å²) in [5, 5.41) is 11.6. The number of benzene rings is 1. The fourth-order valence-electron chi connectivity index (χ4n) is 1.27. The molecule has 0 amide bonds. The number of carboxylic acid groups (broad SMARTS) is 1. The van der Waals surface area contributed by atoms with E-state index in [1.807, 2.05) is 0 Å². The van der Waals surface area contributed by atoms with Gasteiger partial charge in [-0.25, -0.2) is 14.2 Å². The Hall–Kier alpha value is -1.40. The lowest BCUT2D eigenvalue weighted by molar-refractivity contribution is 0.0697. The van der Waals surface area contributed by atoms with E-state index in [2.05, 4.69) is 17.6 Å². The fourth-order valence-corrected chi connectivity index (χ4v) is 2.31. The molecule has 0 aliphatic heterocycles. The molecule has 1 aromatic carbocycles. The number of rotatable bonds is 2. The minimum absolute atomic E-state index is 0.0316. The van der Waals surface area contributed by atoms with Gasteiger partial charge in [-0.2, -0.15) is 0 Å². The Bertz CT molecular complexity index is 554. The first-order chi connectivity index (χ1) is 7.58. The van der Waals surface area contributed by atoms with Crippen LogP contribution in [0.25, 0.3) is 10.6 Å². The zero-order valence-electron chi connectivity index (χ0n) is 7.85. The smallest absolute Gasteiger partial charge is 0.336 e. The van der Waals surface area contributed by atoms with Crippen molar-refractivity contribution >= 4 is 29.9 Å². The number of thiol groups is 1. The lowest BCUT2D eigenvalue weighted by Crippen LogP contribution is -1.99. The van der Waals surface area contributed by atoms with Gasteiger partial charge in [0.25, 0.3) is 0 Å². The molecule has 1 heterocycles. The largest absolute Gasteiger partial charge is 0.478 e. The second-order valence-corrected chi connectivity index (χ2v) is 4.32. The van der Waals surface area contributed by atoms with Crippen molar-refractivity contribution in [2.75, 3.05) is 0 Å². The third kappa shape index (κ3) is 2.07. The molecule has 1 aromatic heterocycles. The van der Waals surface area contributed by atoms with Gasteiger partial charge in [0.2, 0.25) is 0 Å². The standard InChI is InChI=1S/C10H6FNO2S2/c11-5-1-2-6(10(13)14)7(3-5)9-12-8(15)4-16-9/h1-4,15H,(H,13,14). The predicted octanol–water partition coefficient (Wildman–Crippen LogP) is 2.94. The predicted molar refractivity (Wildman–Crippen MR) is 61.7 cm³/mol. The molecule has 16 heavy (non-hydrogen) atoms. The molecule has 2 aromatic rings. The van der Waals surface area contributed by atoms with Crippen LogP contribution in [0.15, 0.2) is 28.6 Å². The van der Waals surface area contributed by atoms with Crippen LogP contribution in [0.1, 0.15) is 10.4 Å². The molecular weight excluding hydrogens is 249 g/mol. The molecule has 0 atom stereocenters. The van der Waals surface area contributed by atoms with E-state index >= 15 is 0 Å². The van der Waals surface area contributed by atoms with Crippen LogP contribution in [0.4, 0.5) is 4.39 Å². The first-order valence-electron chi connectivity index (χ1n) is 4.25. The van der Waals surface area contributed by atoms with Crippen LogP contribution in [-0.4, -0.2) is 16.1 Å². The molecule has 0 aliphatic carbocycles. The van der Waals surface area contributed by atoms with Crippen molar-refractivity contribution in [1.29, 1.82) is 0 Å². The maximum absolute atomic E-state index is 13.1. The molecule has 0 aliphatic rings. The summed E-state index contributed by atoms with van der Waals surface area (Å²) in [6, 6.07) is 3.50. The molecule has 6 heteroatoms. The second kappa shape index (κ2) is 4.23. The summed E-state index contributed by atoms with van der Waals surface area (Å²) in [6.07, 6.45) is 0. The van der Waals surface area contributed by atoms with Crippen LogP contribution in [0.3, 0.4) is 0 Å². The average molecular weight is 255 g/mol. The van der Waals surface area contributed by atoms with Gasteiger partial charge in [-0.15, -0.1) is 24.0 Å². The van der Waals surface area contributed by atoms with Crippen LogP contribution in [0, 0.1) is 5.82 Å². The second-order valence-electron chi connectivity index (χ2n) is 3.01. The molecule has 0 unspecified atom stereocenters. The highest BCUT2D eigenvalue weighted by Gasteiger charge is 2.15. The van der Waals surface area contributed by atoms with Crippen LogP contribution in [0.5, 0.6) is 0 Å². The van der Waals surface area contributed by atoms with Crippen LogP contribution in [0.2, 0.25) is 0 Å². The zero-order valence-corrected chi connectivity index (χ0v) is 9.56. The van der Waals surface area contributed by atoms with Gasteiger partial charge in [-0.1, -0.05) is 0 Å². The van der Waals surface area contributed by atoms with Gasteiger partial charge < -0.3 is 5.11 Å². The van der Waals surface area contributed by atoms with Crippen molar-refractivity contribution in [1.82, 2.24) is 4.98 Å². The number of aromatic nitrogens is 1. The maximum Gasteiger partial charge on any atom is 0.336 e. The van der Waals surface area contributed by atoms with Crippen molar-refractivity contribution in [2.45, 2.75) is 5.03 Å². The summed E-state index contributed by atoms with van der Waals surface area (Å²) in [7, 11) is 0. The Labute approximate surface area is 100.0 Å². The molecule has 0 fully saturated rings.